The predicted octanol–water partition coefficient (Wildman–Crippen LogP) is 0.305. The van der Waals surface area contributed by atoms with Crippen LogP contribution in [-0.4, -0.2) is 41.0 Å². The standard InChI is InChI=1S/C12H13NO5/c1-18-10(14)4-2-3-7-8-5-6-9(12(16)17)13(8)11(7)15/h2,4,6-8H,3,5H2,1H3,(H,16,17)/b4-2+. The van der Waals surface area contributed by atoms with Crippen molar-refractivity contribution < 1.29 is 24.2 Å². The average Bonchev–Trinajstić information content (AvgIpc) is 2.74. The number of allylic oxidation sites excluding steroid dienone is 1. The molecule has 0 spiro atoms. The van der Waals surface area contributed by atoms with Crippen molar-refractivity contribution in [2.45, 2.75) is 18.9 Å². The molecule has 1 amide bonds. The highest BCUT2D eigenvalue weighted by Gasteiger charge is 2.51. The van der Waals surface area contributed by atoms with E-state index in [-0.39, 0.29) is 23.6 Å². The number of carbonyl (C=O) groups is 3. The Balaban J connectivity index is 1.93. The third-order valence-electron chi connectivity index (χ3n) is 3.23. The van der Waals surface area contributed by atoms with Crippen molar-refractivity contribution in [3.8, 4) is 0 Å². The third kappa shape index (κ3) is 1.90. The van der Waals surface area contributed by atoms with E-state index in [1.54, 1.807) is 12.2 Å². The summed E-state index contributed by atoms with van der Waals surface area (Å²) in [5, 5.41) is 8.88. The molecule has 6 nitrogen and oxygen atoms in total. The fraction of sp³-hybridized carbons (Fsp3) is 0.417. The molecule has 0 saturated carbocycles. The van der Waals surface area contributed by atoms with E-state index in [1.807, 2.05) is 0 Å². The second-order valence-electron chi connectivity index (χ2n) is 4.17. The van der Waals surface area contributed by atoms with Crippen LogP contribution in [0.5, 0.6) is 0 Å². The zero-order chi connectivity index (χ0) is 13.3. The van der Waals surface area contributed by atoms with Crippen molar-refractivity contribution >= 4 is 17.8 Å². The number of nitrogens with zero attached hydrogens (tertiary/aromatic N) is 1. The summed E-state index contributed by atoms with van der Waals surface area (Å²) in [6.45, 7) is 0. The van der Waals surface area contributed by atoms with E-state index in [1.165, 1.54) is 18.1 Å². The number of ether oxygens (including phenoxy) is 1. The highest BCUT2D eigenvalue weighted by atomic mass is 16.5. The van der Waals surface area contributed by atoms with Crippen LogP contribution in [0.4, 0.5) is 0 Å². The number of hydrogen-bond acceptors (Lipinski definition) is 4. The number of hydrogen-bond donors (Lipinski definition) is 1. The molecule has 2 unspecified atom stereocenters. The molecule has 96 valence electrons. The maximum Gasteiger partial charge on any atom is 0.352 e. The number of carbonyl (C=O) groups excluding carboxylic acids is 2. The maximum atomic E-state index is 11.8. The first-order valence-corrected chi connectivity index (χ1v) is 5.57. The van der Waals surface area contributed by atoms with Crippen molar-refractivity contribution in [3.05, 3.63) is 23.9 Å². The van der Waals surface area contributed by atoms with Crippen molar-refractivity contribution in [1.29, 1.82) is 0 Å². The monoisotopic (exact) mass is 251 g/mol. The number of amides is 1. The molecule has 2 rings (SSSR count). The van der Waals surface area contributed by atoms with Crippen molar-refractivity contribution in [1.82, 2.24) is 4.90 Å². The van der Waals surface area contributed by atoms with E-state index < -0.39 is 11.9 Å². The van der Waals surface area contributed by atoms with Gasteiger partial charge in [0.2, 0.25) is 5.91 Å². The van der Waals surface area contributed by atoms with Gasteiger partial charge in [-0.1, -0.05) is 12.2 Å². The lowest BCUT2D eigenvalue weighted by Crippen LogP contribution is -2.58. The second-order valence-corrected chi connectivity index (χ2v) is 4.17. The number of carboxylic acids is 1. The summed E-state index contributed by atoms with van der Waals surface area (Å²) >= 11 is 0. The summed E-state index contributed by atoms with van der Waals surface area (Å²) in [6, 6.07) is -0.0779. The molecule has 2 aliphatic rings. The number of rotatable bonds is 4. The molecule has 6 heteroatoms. The third-order valence-corrected chi connectivity index (χ3v) is 3.23. The van der Waals surface area contributed by atoms with Gasteiger partial charge in [-0.2, -0.15) is 0 Å². The lowest BCUT2D eigenvalue weighted by atomic mass is 9.85. The molecule has 2 atom stereocenters. The van der Waals surface area contributed by atoms with Gasteiger partial charge in [0.25, 0.3) is 0 Å². The Morgan fingerprint density at radius 1 is 1.61 bits per heavy atom. The summed E-state index contributed by atoms with van der Waals surface area (Å²) in [5.41, 5.74) is 0.0678. The Labute approximate surface area is 104 Å². The normalized spacial score (nSPS) is 25.7. The molecule has 0 aliphatic carbocycles. The van der Waals surface area contributed by atoms with Crippen LogP contribution in [0.1, 0.15) is 12.8 Å². The van der Waals surface area contributed by atoms with Crippen LogP contribution >= 0.6 is 0 Å². The molecule has 18 heavy (non-hydrogen) atoms. The lowest BCUT2D eigenvalue weighted by molar-refractivity contribution is -0.154. The fourth-order valence-corrected chi connectivity index (χ4v) is 2.33. The van der Waals surface area contributed by atoms with Crippen LogP contribution in [0.15, 0.2) is 23.9 Å². The summed E-state index contributed by atoms with van der Waals surface area (Å²) in [5.74, 6) is -1.97. The second kappa shape index (κ2) is 4.64. The first-order chi connectivity index (χ1) is 8.56. The van der Waals surface area contributed by atoms with E-state index in [9.17, 15) is 14.4 Å². The quantitative estimate of drug-likeness (QED) is 0.441. The maximum absolute atomic E-state index is 11.8. The van der Waals surface area contributed by atoms with Crippen LogP contribution < -0.4 is 0 Å². The minimum Gasteiger partial charge on any atom is -0.477 e. The predicted molar refractivity (Wildman–Crippen MR) is 60.2 cm³/mol. The number of fused-ring (bicyclic) bond motifs is 1. The van der Waals surface area contributed by atoms with Gasteiger partial charge in [0, 0.05) is 6.08 Å². The number of esters is 1. The van der Waals surface area contributed by atoms with Crippen LogP contribution in [0.25, 0.3) is 0 Å². The Morgan fingerprint density at radius 3 is 2.94 bits per heavy atom. The zero-order valence-corrected chi connectivity index (χ0v) is 9.83. The topological polar surface area (TPSA) is 83.9 Å². The first kappa shape index (κ1) is 12.3. The lowest BCUT2D eigenvalue weighted by Gasteiger charge is -2.43. The number of carboxylic acid groups (broad SMARTS) is 1. The molecular weight excluding hydrogens is 238 g/mol. The van der Waals surface area contributed by atoms with Crippen LogP contribution in [0, 0.1) is 5.92 Å². The molecule has 0 radical (unpaired) electrons. The van der Waals surface area contributed by atoms with E-state index in [4.69, 9.17) is 5.11 Å². The molecule has 2 aliphatic heterocycles. The summed E-state index contributed by atoms with van der Waals surface area (Å²) in [4.78, 5) is 34.8. The largest absolute Gasteiger partial charge is 0.477 e. The van der Waals surface area contributed by atoms with Gasteiger partial charge in [-0.3, -0.25) is 4.79 Å². The fourth-order valence-electron chi connectivity index (χ4n) is 2.33. The Kier molecular flexibility index (Phi) is 3.18. The smallest absolute Gasteiger partial charge is 0.352 e. The Morgan fingerprint density at radius 2 is 2.33 bits per heavy atom. The molecule has 2 heterocycles. The first-order valence-electron chi connectivity index (χ1n) is 5.57. The van der Waals surface area contributed by atoms with Gasteiger partial charge < -0.3 is 14.7 Å². The van der Waals surface area contributed by atoms with E-state index in [2.05, 4.69) is 4.74 Å². The van der Waals surface area contributed by atoms with Gasteiger partial charge in [0.05, 0.1) is 19.1 Å². The van der Waals surface area contributed by atoms with Crippen LogP contribution in [0.2, 0.25) is 0 Å². The zero-order valence-electron chi connectivity index (χ0n) is 9.83. The molecule has 0 aromatic heterocycles. The van der Waals surface area contributed by atoms with Crippen LogP contribution in [-0.2, 0) is 19.1 Å². The van der Waals surface area contributed by atoms with Crippen molar-refractivity contribution in [2.75, 3.05) is 7.11 Å². The summed E-state index contributed by atoms with van der Waals surface area (Å²) in [6.07, 6.45) is 5.41. The summed E-state index contributed by atoms with van der Waals surface area (Å²) < 4.78 is 4.44. The molecule has 0 aromatic rings. The molecule has 0 bridgehead atoms. The molecular formula is C12H13NO5. The number of aliphatic carboxylic acids is 1. The summed E-state index contributed by atoms with van der Waals surface area (Å²) in [7, 11) is 1.28. The van der Waals surface area contributed by atoms with E-state index in [0.717, 1.165) is 0 Å². The van der Waals surface area contributed by atoms with E-state index >= 15 is 0 Å². The number of β-lactam (4-membered cyclic amide) rings is 1. The van der Waals surface area contributed by atoms with Gasteiger partial charge in [-0.05, 0) is 12.8 Å². The van der Waals surface area contributed by atoms with Gasteiger partial charge in [0.15, 0.2) is 0 Å². The molecule has 1 saturated heterocycles. The van der Waals surface area contributed by atoms with Gasteiger partial charge in [-0.15, -0.1) is 0 Å². The van der Waals surface area contributed by atoms with Gasteiger partial charge in [-0.25, -0.2) is 9.59 Å². The van der Waals surface area contributed by atoms with Gasteiger partial charge >= 0.3 is 11.9 Å². The Bertz CT molecular complexity index is 465. The highest BCUT2D eigenvalue weighted by Crippen LogP contribution is 2.40. The molecule has 1 N–H and O–H groups in total. The SMILES string of the molecule is COC(=O)/C=C/CC1C(=O)N2C(C(=O)O)=CCC12. The van der Waals surface area contributed by atoms with Crippen LogP contribution in [0.3, 0.4) is 0 Å². The highest BCUT2D eigenvalue weighted by molar-refractivity contribution is 5.98. The Hall–Kier alpha value is -2.11. The number of methoxy groups -OCH3 is 1. The minimum absolute atomic E-state index is 0.0678. The minimum atomic E-state index is -1.07. The molecule has 1 fully saturated rings. The van der Waals surface area contributed by atoms with Gasteiger partial charge in [0.1, 0.15) is 5.70 Å². The molecule has 0 aromatic carbocycles. The van der Waals surface area contributed by atoms with Crippen molar-refractivity contribution in [2.24, 2.45) is 5.92 Å². The van der Waals surface area contributed by atoms with Crippen molar-refractivity contribution in [3.63, 3.8) is 0 Å². The van der Waals surface area contributed by atoms with E-state index in [0.29, 0.717) is 12.8 Å². The average molecular weight is 251 g/mol.